The van der Waals surface area contributed by atoms with Crippen molar-refractivity contribution in [1.82, 2.24) is 4.98 Å². The molecule has 3 aromatic carbocycles. The molecule has 0 spiro atoms. The minimum absolute atomic E-state index is 0. The van der Waals surface area contributed by atoms with Gasteiger partial charge in [0.2, 0.25) is 0 Å². The predicted octanol–water partition coefficient (Wildman–Crippen LogP) is 9.08. The van der Waals surface area contributed by atoms with E-state index >= 15 is 0 Å². The summed E-state index contributed by atoms with van der Waals surface area (Å²) in [5.74, 6) is 0.453. The molecule has 0 saturated carbocycles. The Hall–Kier alpha value is -3.05. The number of carbonyl (C=O) groups is 1. The number of aromatic nitrogens is 1. The molecule has 0 aliphatic rings. The second kappa shape index (κ2) is 13.1. The minimum Gasteiger partial charge on any atom is -0.512 e. The first kappa shape index (κ1) is 31.5. The molecule has 2 heterocycles. The standard InChI is InChI=1S/C29H30NOSi.C5H8O2.Ir/c1-6-19(7-2)25-18-21(17-20-11-8-9-12-22(20)25)27-29-24(15-16-30-27)23-13-10-14-26(28(23)31-29)32(3,4)5;1-4(6)3-5(2)7;/h8-16,18-19H,6-7H2,1-5H3;3,6H,1-2H3;/q-1;;/b;4-3-;. The fraction of sp³-hybridized carbons (Fsp3) is 0.294. The van der Waals surface area contributed by atoms with E-state index in [1.165, 1.54) is 41.4 Å². The molecule has 5 aromatic rings. The maximum Gasteiger partial charge on any atom is 0.155 e. The zero-order chi connectivity index (χ0) is 28.3. The summed E-state index contributed by atoms with van der Waals surface area (Å²) in [4.78, 5) is 14.8. The second-order valence-corrected chi connectivity index (χ2v) is 16.2. The van der Waals surface area contributed by atoms with Crippen LogP contribution in [0, 0.1) is 6.07 Å². The molecule has 4 nitrogen and oxygen atoms in total. The normalized spacial score (nSPS) is 11.9. The van der Waals surface area contributed by atoms with Crippen molar-refractivity contribution in [1.29, 1.82) is 0 Å². The number of fused-ring (bicyclic) bond motifs is 4. The summed E-state index contributed by atoms with van der Waals surface area (Å²) in [6, 6.07) is 23.2. The number of ketones is 1. The molecular formula is C34H38IrNO3Si-. The molecule has 0 fully saturated rings. The Morgan fingerprint density at radius 2 is 1.62 bits per heavy atom. The van der Waals surface area contributed by atoms with Crippen LogP contribution in [0.15, 0.2) is 77.0 Å². The molecule has 0 atom stereocenters. The van der Waals surface area contributed by atoms with E-state index in [1.807, 2.05) is 6.20 Å². The van der Waals surface area contributed by atoms with E-state index in [0.29, 0.717) is 5.92 Å². The van der Waals surface area contributed by atoms with Crippen LogP contribution in [0.1, 0.15) is 52.0 Å². The van der Waals surface area contributed by atoms with Gasteiger partial charge in [0.05, 0.1) is 13.8 Å². The molecule has 40 heavy (non-hydrogen) atoms. The summed E-state index contributed by atoms with van der Waals surface area (Å²) in [6.45, 7) is 14.5. The van der Waals surface area contributed by atoms with Gasteiger partial charge in [0, 0.05) is 48.8 Å². The van der Waals surface area contributed by atoms with Gasteiger partial charge in [0.25, 0.3) is 0 Å². The van der Waals surface area contributed by atoms with Gasteiger partial charge in [-0.3, -0.25) is 9.78 Å². The van der Waals surface area contributed by atoms with Crippen LogP contribution in [0.2, 0.25) is 19.6 Å². The molecule has 0 aliphatic heterocycles. The molecule has 0 amide bonds. The second-order valence-electron chi connectivity index (χ2n) is 11.2. The summed E-state index contributed by atoms with van der Waals surface area (Å²) in [5, 5.41) is 14.5. The smallest absolute Gasteiger partial charge is 0.155 e. The van der Waals surface area contributed by atoms with Crippen molar-refractivity contribution in [2.45, 2.75) is 66.1 Å². The summed E-state index contributed by atoms with van der Waals surface area (Å²) in [7, 11) is -1.55. The maximum absolute atomic E-state index is 10.0. The van der Waals surface area contributed by atoms with Gasteiger partial charge in [-0.25, -0.2) is 0 Å². The third-order valence-electron chi connectivity index (χ3n) is 7.12. The quantitative estimate of drug-likeness (QED) is 0.0821. The fourth-order valence-corrected chi connectivity index (χ4v) is 6.72. The van der Waals surface area contributed by atoms with Crippen molar-refractivity contribution in [2.75, 3.05) is 0 Å². The number of furan rings is 1. The van der Waals surface area contributed by atoms with Crippen molar-refractivity contribution in [3.8, 4) is 11.3 Å². The third-order valence-corrected chi connectivity index (χ3v) is 9.13. The molecule has 0 unspecified atom stereocenters. The Balaban J connectivity index is 0.000000492. The van der Waals surface area contributed by atoms with E-state index in [2.05, 4.69) is 94.2 Å². The van der Waals surface area contributed by atoms with Gasteiger partial charge < -0.3 is 9.52 Å². The molecule has 2 aromatic heterocycles. The van der Waals surface area contributed by atoms with E-state index in [-0.39, 0.29) is 31.6 Å². The van der Waals surface area contributed by atoms with E-state index < -0.39 is 8.07 Å². The van der Waals surface area contributed by atoms with Crippen LogP contribution in [-0.2, 0) is 24.9 Å². The first-order valence-corrected chi connectivity index (χ1v) is 17.2. The van der Waals surface area contributed by atoms with Crippen molar-refractivity contribution in [3.63, 3.8) is 0 Å². The number of hydrogen-bond donors (Lipinski definition) is 1. The number of pyridine rings is 1. The van der Waals surface area contributed by atoms with Gasteiger partial charge in [0.15, 0.2) is 5.78 Å². The molecule has 0 aliphatic carbocycles. The van der Waals surface area contributed by atoms with Gasteiger partial charge in [-0.2, -0.15) is 0 Å². The molecule has 1 radical (unpaired) electrons. The molecular weight excluding hydrogens is 691 g/mol. The Kier molecular flexibility index (Phi) is 10.3. The number of rotatable bonds is 6. The van der Waals surface area contributed by atoms with Crippen molar-refractivity contribution in [3.05, 3.63) is 84.3 Å². The van der Waals surface area contributed by atoms with E-state index in [1.54, 1.807) is 0 Å². The summed E-state index contributed by atoms with van der Waals surface area (Å²) >= 11 is 0. The number of nitrogens with zero attached hydrogens (tertiary/aromatic N) is 1. The number of aliphatic hydroxyl groups is 1. The average molecular weight is 729 g/mol. The number of aliphatic hydroxyl groups excluding tert-OH is 1. The van der Waals surface area contributed by atoms with Gasteiger partial charge in [-0.05, 0) is 31.0 Å². The van der Waals surface area contributed by atoms with Gasteiger partial charge in [-0.15, -0.1) is 29.1 Å². The van der Waals surface area contributed by atoms with Crippen LogP contribution in [0.25, 0.3) is 44.0 Å². The maximum atomic E-state index is 10.0. The van der Waals surface area contributed by atoms with E-state index in [0.717, 1.165) is 46.0 Å². The number of benzene rings is 3. The van der Waals surface area contributed by atoms with E-state index in [4.69, 9.17) is 14.5 Å². The Labute approximate surface area is 251 Å². The van der Waals surface area contributed by atoms with Gasteiger partial charge >= 0.3 is 0 Å². The largest absolute Gasteiger partial charge is 0.512 e. The molecule has 211 valence electrons. The number of para-hydroxylation sites is 1. The summed E-state index contributed by atoms with van der Waals surface area (Å²) in [6.07, 6.45) is 5.31. The van der Waals surface area contributed by atoms with Crippen molar-refractivity contribution >= 4 is 51.8 Å². The Morgan fingerprint density at radius 3 is 2.23 bits per heavy atom. The zero-order valence-electron chi connectivity index (χ0n) is 24.4. The Bertz CT molecular complexity index is 1670. The van der Waals surface area contributed by atoms with Crippen LogP contribution in [0.5, 0.6) is 0 Å². The van der Waals surface area contributed by atoms with E-state index in [9.17, 15) is 4.79 Å². The van der Waals surface area contributed by atoms with Gasteiger partial charge in [0.1, 0.15) is 11.2 Å². The first-order valence-electron chi connectivity index (χ1n) is 13.7. The van der Waals surface area contributed by atoms with Crippen LogP contribution in [0.4, 0.5) is 0 Å². The summed E-state index contributed by atoms with van der Waals surface area (Å²) in [5.41, 5.74) is 5.19. The van der Waals surface area contributed by atoms with Crippen LogP contribution in [-0.4, -0.2) is 23.9 Å². The average Bonchev–Trinajstić information content (AvgIpc) is 3.27. The van der Waals surface area contributed by atoms with Crippen LogP contribution >= 0.6 is 0 Å². The Morgan fingerprint density at radius 1 is 0.975 bits per heavy atom. The van der Waals surface area contributed by atoms with Crippen LogP contribution in [0.3, 0.4) is 0 Å². The number of allylic oxidation sites excluding steroid dienone is 2. The SMILES string of the molecule is CC(=O)/C=C(/C)O.CCC(CC)c1cc(-c2nccc3c2oc2c([Si](C)(C)C)cccc23)[c-]c2ccccc12.[Ir]. The van der Waals surface area contributed by atoms with Gasteiger partial charge in [-0.1, -0.05) is 93.7 Å². The fourth-order valence-electron chi connectivity index (χ4n) is 5.25. The number of carbonyl (C=O) groups excluding carboxylic acids is 1. The molecule has 0 saturated heterocycles. The monoisotopic (exact) mass is 729 g/mol. The molecule has 5 rings (SSSR count). The third kappa shape index (κ3) is 6.63. The van der Waals surface area contributed by atoms with Crippen molar-refractivity contribution < 1.29 is 34.4 Å². The van der Waals surface area contributed by atoms with Crippen molar-refractivity contribution in [2.24, 2.45) is 0 Å². The molecule has 6 heteroatoms. The topological polar surface area (TPSA) is 63.3 Å². The molecule has 0 bridgehead atoms. The van der Waals surface area contributed by atoms with Crippen LogP contribution < -0.4 is 5.19 Å². The minimum atomic E-state index is -1.55. The number of hydrogen-bond acceptors (Lipinski definition) is 4. The predicted molar refractivity (Wildman–Crippen MR) is 167 cm³/mol. The first-order chi connectivity index (χ1) is 18.5. The summed E-state index contributed by atoms with van der Waals surface area (Å²) < 4.78 is 6.61. The zero-order valence-corrected chi connectivity index (χ0v) is 27.8. The molecule has 1 N–H and O–H groups in total.